The van der Waals surface area contributed by atoms with Crippen LogP contribution in [0.15, 0.2) is 48.5 Å². The lowest BCUT2D eigenvalue weighted by Crippen LogP contribution is -2.23. The number of nitrogens with one attached hydrogen (secondary N) is 1. The summed E-state index contributed by atoms with van der Waals surface area (Å²) in [6.07, 6.45) is 0. The lowest BCUT2D eigenvalue weighted by molar-refractivity contribution is 0.0948. The van der Waals surface area contributed by atoms with Gasteiger partial charge in [-0.15, -0.1) is 0 Å². The fourth-order valence-electron chi connectivity index (χ4n) is 2.98. The van der Waals surface area contributed by atoms with Gasteiger partial charge in [-0.2, -0.15) is 5.10 Å². The topological polar surface area (TPSA) is 56.1 Å². The largest absolute Gasteiger partial charge is 0.496 e. The number of aromatic nitrogens is 2. The second kappa shape index (κ2) is 8.27. The van der Waals surface area contributed by atoms with Crippen LogP contribution in [-0.4, -0.2) is 22.8 Å². The van der Waals surface area contributed by atoms with Crippen molar-refractivity contribution in [2.45, 2.75) is 26.9 Å². The monoisotopic (exact) mass is 383 g/mol. The number of nitrogens with zero attached hydrogens (tertiary/aromatic N) is 2. The van der Waals surface area contributed by atoms with Crippen molar-refractivity contribution in [1.29, 1.82) is 0 Å². The van der Waals surface area contributed by atoms with Gasteiger partial charge < -0.3 is 10.1 Å². The van der Waals surface area contributed by atoms with Crippen LogP contribution in [0.1, 0.15) is 32.9 Å². The lowest BCUT2D eigenvalue weighted by Gasteiger charge is -2.11. The first kappa shape index (κ1) is 19.0. The highest BCUT2D eigenvalue weighted by Gasteiger charge is 2.13. The summed E-state index contributed by atoms with van der Waals surface area (Å²) in [5.41, 5.74) is 4.70. The summed E-state index contributed by atoms with van der Waals surface area (Å²) < 4.78 is 7.22. The van der Waals surface area contributed by atoms with Crippen molar-refractivity contribution in [3.05, 3.63) is 81.6 Å². The molecule has 27 heavy (non-hydrogen) atoms. The van der Waals surface area contributed by atoms with Crippen LogP contribution in [0.5, 0.6) is 5.75 Å². The van der Waals surface area contributed by atoms with E-state index in [4.69, 9.17) is 16.3 Å². The molecule has 0 saturated heterocycles. The maximum atomic E-state index is 12.5. The van der Waals surface area contributed by atoms with E-state index in [2.05, 4.69) is 28.6 Å². The molecule has 1 amide bonds. The molecule has 0 aliphatic rings. The fourth-order valence-corrected chi connectivity index (χ4v) is 3.15. The molecule has 3 aromatic rings. The number of hydrogen-bond acceptors (Lipinski definition) is 3. The minimum atomic E-state index is -0.224. The average molecular weight is 384 g/mol. The van der Waals surface area contributed by atoms with Gasteiger partial charge in [0.2, 0.25) is 0 Å². The van der Waals surface area contributed by atoms with E-state index in [1.165, 1.54) is 7.11 Å². The van der Waals surface area contributed by atoms with Gasteiger partial charge in [-0.25, -0.2) is 0 Å². The molecule has 1 heterocycles. The third kappa shape index (κ3) is 4.68. The Morgan fingerprint density at radius 1 is 1.15 bits per heavy atom. The minimum Gasteiger partial charge on any atom is -0.496 e. The van der Waals surface area contributed by atoms with Crippen LogP contribution >= 0.6 is 11.6 Å². The van der Waals surface area contributed by atoms with Crippen LogP contribution in [0, 0.1) is 13.8 Å². The molecule has 6 heteroatoms. The van der Waals surface area contributed by atoms with Gasteiger partial charge in [0.15, 0.2) is 0 Å². The number of rotatable bonds is 6. The Hall–Kier alpha value is -2.79. The first-order chi connectivity index (χ1) is 13.0. The van der Waals surface area contributed by atoms with Gasteiger partial charge in [0.05, 0.1) is 24.9 Å². The molecule has 0 spiro atoms. The zero-order chi connectivity index (χ0) is 19.4. The molecular formula is C21H22ClN3O2. The number of carbonyl (C=O) groups excluding carboxylic acids is 1. The van der Waals surface area contributed by atoms with Crippen LogP contribution in [-0.2, 0) is 13.1 Å². The van der Waals surface area contributed by atoms with Gasteiger partial charge >= 0.3 is 0 Å². The molecule has 0 fully saturated rings. The highest BCUT2D eigenvalue weighted by Crippen LogP contribution is 2.22. The van der Waals surface area contributed by atoms with Crippen LogP contribution in [0.4, 0.5) is 0 Å². The molecule has 1 aromatic heterocycles. The Morgan fingerprint density at radius 2 is 1.93 bits per heavy atom. The second-order valence-corrected chi connectivity index (χ2v) is 6.87. The number of methoxy groups -OCH3 is 1. The van der Waals surface area contributed by atoms with Gasteiger partial charge in [0.1, 0.15) is 5.75 Å². The molecule has 5 nitrogen and oxygen atoms in total. The lowest BCUT2D eigenvalue weighted by atomic mass is 10.1. The molecule has 0 saturated carbocycles. The standard InChI is InChI=1S/C21H22ClN3O2/c1-14-9-15(2)25(24-14)13-17-6-4-5-16(10-17)12-23-21(26)19-11-18(22)7-8-20(19)27-3/h4-11H,12-13H2,1-3H3,(H,23,26). The maximum Gasteiger partial charge on any atom is 0.255 e. The molecule has 0 bridgehead atoms. The third-order valence-corrected chi connectivity index (χ3v) is 4.52. The van der Waals surface area contributed by atoms with Crippen molar-refractivity contribution in [1.82, 2.24) is 15.1 Å². The Morgan fingerprint density at radius 3 is 2.63 bits per heavy atom. The van der Waals surface area contributed by atoms with Crippen molar-refractivity contribution in [2.24, 2.45) is 0 Å². The summed E-state index contributed by atoms with van der Waals surface area (Å²) in [5.74, 6) is 0.272. The molecule has 0 aliphatic carbocycles. The molecular weight excluding hydrogens is 362 g/mol. The van der Waals surface area contributed by atoms with E-state index in [1.54, 1.807) is 18.2 Å². The Labute approximate surface area is 163 Å². The minimum absolute atomic E-state index is 0.224. The van der Waals surface area contributed by atoms with Gasteiger partial charge in [0, 0.05) is 17.3 Å². The van der Waals surface area contributed by atoms with E-state index in [0.717, 1.165) is 22.5 Å². The van der Waals surface area contributed by atoms with E-state index < -0.39 is 0 Å². The molecule has 1 N–H and O–H groups in total. The van der Waals surface area contributed by atoms with E-state index >= 15 is 0 Å². The summed E-state index contributed by atoms with van der Waals surface area (Å²) in [7, 11) is 1.53. The van der Waals surface area contributed by atoms with Crippen LogP contribution in [0.2, 0.25) is 5.02 Å². The quantitative estimate of drug-likeness (QED) is 0.696. The van der Waals surface area contributed by atoms with Gasteiger partial charge in [-0.1, -0.05) is 35.9 Å². The maximum absolute atomic E-state index is 12.5. The van der Waals surface area contributed by atoms with Crippen molar-refractivity contribution in [3.8, 4) is 5.75 Å². The zero-order valence-electron chi connectivity index (χ0n) is 15.6. The fraction of sp³-hybridized carbons (Fsp3) is 0.238. The number of amides is 1. The number of benzene rings is 2. The van der Waals surface area contributed by atoms with E-state index in [0.29, 0.717) is 29.4 Å². The van der Waals surface area contributed by atoms with Crippen molar-refractivity contribution in [3.63, 3.8) is 0 Å². The van der Waals surface area contributed by atoms with E-state index in [9.17, 15) is 4.79 Å². The Kier molecular flexibility index (Phi) is 5.81. The van der Waals surface area contributed by atoms with Crippen LogP contribution < -0.4 is 10.1 Å². The molecule has 0 radical (unpaired) electrons. The number of halogens is 1. The first-order valence-corrected chi connectivity index (χ1v) is 9.04. The highest BCUT2D eigenvalue weighted by molar-refractivity contribution is 6.31. The van der Waals surface area contributed by atoms with E-state index in [-0.39, 0.29) is 5.91 Å². The highest BCUT2D eigenvalue weighted by atomic mass is 35.5. The number of aryl methyl sites for hydroxylation is 2. The number of hydrogen-bond donors (Lipinski definition) is 1. The first-order valence-electron chi connectivity index (χ1n) is 8.67. The van der Waals surface area contributed by atoms with Crippen molar-refractivity contribution in [2.75, 3.05) is 7.11 Å². The molecule has 0 unspecified atom stereocenters. The number of carbonyl (C=O) groups is 1. The normalized spacial score (nSPS) is 10.7. The number of ether oxygens (including phenoxy) is 1. The summed E-state index contributed by atoms with van der Waals surface area (Å²) in [5, 5.41) is 7.91. The average Bonchev–Trinajstić information content (AvgIpc) is 2.97. The zero-order valence-corrected chi connectivity index (χ0v) is 16.4. The summed E-state index contributed by atoms with van der Waals surface area (Å²) in [4.78, 5) is 12.5. The Bertz CT molecular complexity index is 966. The predicted octanol–water partition coefficient (Wildman–Crippen LogP) is 4.14. The Balaban J connectivity index is 1.69. The van der Waals surface area contributed by atoms with Gasteiger partial charge in [-0.05, 0) is 49.2 Å². The molecule has 0 atom stereocenters. The smallest absolute Gasteiger partial charge is 0.255 e. The molecule has 140 valence electrons. The predicted molar refractivity (Wildman–Crippen MR) is 106 cm³/mol. The van der Waals surface area contributed by atoms with Gasteiger partial charge in [-0.3, -0.25) is 9.48 Å². The second-order valence-electron chi connectivity index (χ2n) is 6.43. The van der Waals surface area contributed by atoms with E-state index in [1.807, 2.05) is 30.7 Å². The van der Waals surface area contributed by atoms with Crippen LogP contribution in [0.3, 0.4) is 0 Å². The molecule has 2 aromatic carbocycles. The van der Waals surface area contributed by atoms with Crippen LogP contribution in [0.25, 0.3) is 0 Å². The third-order valence-electron chi connectivity index (χ3n) is 4.29. The summed E-state index contributed by atoms with van der Waals surface area (Å²) in [6.45, 7) is 5.14. The van der Waals surface area contributed by atoms with Gasteiger partial charge in [0.25, 0.3) is 5.91 Å². The SMILES string of the molecule is COc1ccc(Cl)cc1C(=O)NCc1cccc(Cn2nc(C)cc2C)c1. The molecule has 3 rings (SSSR count). The summed E-state index contributed by atoms with van der Waals surface area (Å²) >= 11 is 6.00. The summed E-state index contributed by atoms with van der Waals surface area (Å²) in [6, 6.07) is 15.2. The van der Waals surface area contributed by atoms with Crippen molar-refractivity contribution >= 4 is 17.5 Å². The van der Waals surface area contributed by atoms with Crippen molar-refractivity contribution < 1.29 is 9.53 Å². The molecule has 0 aliphatic heterocycles.